The molecule has 0 spiro atoms. The molecule has 2 aromatic heterocycles. The molecule has 1 amide bonds. The van der Waals surface area contributed by atoms with Crippen LogP contribution in [-0.4, -0.2) is 20.6 Å². The smallest absolute Gasteiger partial charge is 0.327 e. The van der Waals surface area contributed by atoms with Crippen molar-refractivity contribution in [3.05, 3.63) is 36.6 Å². The number of nitrogens with one attached hydrogen (secondary N) is 1. The average Bonchev–Trinajstić information content (AvgIpc) is 2.84. The van der Waals surface area contributed by atoms with Crippen LogP contribution in [0.5, 0.6) is 0 Å². The Morgan fingerprint density at radius 2 is 2.53 bits per heavy atom. The number of imidazole rings is 1. The lowest BCUT2D eigenvalue weighted by Crippen LogP contribution is -2.27. The molecule has 0 aliphatic rings. The van der Waals surface area contributed by atoms with Crippen molar-refractivity contribution in [2.75, 3.05) is 0 Å². The third-order valence-corrected chi connectivity index (χ3v) is 1.80. The normalized spacial score (nSPS) is 10.2. The zero-order valence-electron chi connectivity index (χ0n) is 8.17. The molecule has 78 valence electrons. The van der Waals surface area contributed by atoms with Crippen LogP contribution < -0.4 is 5.32 Å². The Hall–Kier alpha value is -2.11. The number of oxazole rings is 1. The van der Waals surface area contributed by atoms with Crippen LogP contribution in [0, 0.1) is 6.92 Å². The van der Waals surface area contributed by atoms with Crippen LogP contribution in [-0.2, 0) is 6.54 Å². The molecule has 15 heavy (non-hydrogen) atoms. The SMILES string of the molecule is Cc1cnc(CNC(=O)n2ccnc2)o1. The highest BCUT2D eigenvalue weighted by Crippen LogP contribution is 2.00. The number of carbonyl (C=O) groups is 1. The van der Waals surface area contributed by atoms with Gasteiger partial charge in [-0.15, -0.1) is 0 Å². The highest BCUT2D eigenvalue weighted by molar-refractivity contribution is 5.76. The maximum Gasteiger partial charge on any atom is 0.327 e. The third-order valence-electron chi connectivity index (χ3n) is 1.80. The van der Waals surface area contributed by atoms with Crippen molar-refractivity contribution in [2.24, 2.45) is 0 Å². The molecule has 0 unspecified atom stereocenters. The monoisotopic (exact) mass is 206 g/mol. The van der Waals surface area contributed by atoms with Crippen molar-refractivity contribution in [1.29, 1.82) is 0 Å². The average molecular weight is 206 g/mol. The lowest BCUT2D eigenvalue weighted by atomic mass is 10.6. The minimum Gasteiger partial charge on any atom is -0.444 e. The molecular formula is C9H10N4O2. The Balaban J connectivity index is 1.91. The van der Waals surface area contributed by atoms with Gasteiger partial charge in [-0.25, -0.2) is 14.8 Å². The molecule has 2 rings (SSSR count). The summed E-state index contributed by atoms with van der Waals surface area (Å²) >= 11 is 0. The third kappa shape index (κ3) is 2.22. The van der Waals surface area contributed by atoms with Gasteiger partial charge in [-0.1, -0.05) is 0 Å². The molecule has 0 fully saturated rings. The van der Waals surface area contributed by atoms with Crippen molar-refractivity contribution < 1.29 is 9.21 Å². The van der Waals surface area contributed by atoms with Crippen LogP contribution in [0.3, 0.4) is 0 Å². The Bertz CT molecular complexity index is 446. The van der Waals surface area contributed by atoms with E-state index in [9.17, 15) is 4.79 Å². The highest BCUT2D eigenvalue weighted by Gasteiger charge is 2.05. The van der Waals surface area contributed by atoms with E-state index < -0.39 is 0 Å². The van der Waals surface area contributed by atoms with E-state index in [4.69, 9.17) is 4.42 Å². The molecule has 6 nitrogen and oxygen atoms in total. The predicted octanol–water partition coefficient (Wildman–Crippen LogP) is 0.937. The molecule has 0 aromatic carbocycles. The molecule has 2 heterocycles. The summed E-state index contributed by atoms with van der Waals surface area (Å²) in [7, 11) is 0. The predicted molar refractivity (Wildman–Crippen MR) is 51.1 cm³/mol. The summed E-state index contributed by atoms with van der Waals surface area (Å²) in [5.41, 5.74) is 0. The number of aromatic nitrogens is 3. The number of carbonyl (C=O) groups excluding carboxylic acids is 1. The van der Waals surface area contributed by atoms with E-state index in [2.05, 4.69) is 15.3 Å². The van der Waals surface area contributed by atoms with Crippen LogP contribution in [0.25, 0.3) is 0 Å². The van der Waals surface area contributed by atoms with Gasteiger partial charge in [-0.05, 0) is 6.92 Å². The molecule has 2 aromatic rings. The summed E-state index contributed by atoms with van der Waals surface area (Å²) < 4.78 is 6.54. The first-order valence-corrected chi connectivity index (χ1v) is 4.43. The van der Waals surface area contributed by atoms with Crippen LogP contribution in [0.1, 0.15) is 11.7 Å². The largest absolute Gasteiger partial charge is 0.444 e. The first-order valence-electron chi connectivity index (χ1n) is 4.43. The van der Waals surface area contributed by atoms with Gasteiger partial charge < -0.3 is 9.73 Å². The zero-order valence-corrected chi connectivity index (χ0v) is 8.17. The molecule has 6 heteroatoms. The minimum absolute atomic E-state index is 0.261. The van der Waals surface area contributed by atoms with Crippen LogP contribution >= 0.6 is 0 Å². The summed E-state index contributed by atoms with van der Waals surface area (Å²) in [6.07, 6.45) is 6.14. The van der Waals surface area contributed by atoms with Crippen molar-refractivity contribution in [3.8, 4) is 0 Å². The molecule has 1 N–H and O–H groups in total. The fourth-order valence-electron chi connectivity index (χ4n) is 1.10. The second-order valence-electron chi connectivity index (χ2n) is 2.99. The van der Waals surface area contributed by atoms with E-state index in [0.29, 0.717) is 5.89 Å². The van der Waals surface area contributed by atoms with E-state index in [1.165, 1.54) is 17.1 Å². The number of hydrogen-bond acceptors (Lipinski definition) is 4. The number of hydrogen-bond donors (Lipinski definition) is 1. The fourth-order valence-corrected chi connectivity index (χ4v) is 1.10. The summed E-state index contributed by atoms with van der Waals surface area (Å²) in [6, 6.07) is -0.261. The van der Waals surface area contributed by atoms with Crippen molar-refractivity contribution in [1.82, 2.24) is 19.9 Å². The Morgan fingerprint density at radius 3 is 3.13 bits per heavy atom. The summed E-state index contributed by atoms with van der Waals surface area (Å²) in [5.74, 6) is 1.21. The Labute approximate surface area is 85.9 Å². The Kier molecular flexibility index (Phi) is 2.49. The molecule has 0 bridgehead atoms. The van der Waals surface area contributed by atoms with Gasteiger partial charge in [0.1, 0.15) is 12.1 Å². The number of amides is 1. The van der Waals surface area contributed by atoms with Crippen molar-refractivity contribution in [2.45, 2.75) is 13.5 Å². The fraction of sp³-hybridized carbons (Fsp3) is 0.222. The molecular weight excluding hydrogens is 196 g/mol. The molecule has 0 saturated heterocycles. The van der Waals surface area contributed by atoms with Gasteiger partial charge in [0.05, 0.1) is 12.7 Å². The van der Waals surface area contributed by atoms with Gasteiger partial charge in [0, 0.05) is 12.4 Å². The van der Waals surface area contributed by atoms with Gasteiger partial charge in [-0.3, -0.25) is 4.57 Å². The highest BCUT2D eigenvalue weighted by atomic mass is 16.4. The summed E-state index contributed by atoms with van der Waals surface area (Å²) in [5, 5.41) is 2.64. The minimum atomic E-state index is -0.261. The maximum absolute atomic E-state index is 11.4. The molecule has 0 radical (unpaired) electrons. The van der Waals surface area contributed by atoms with Gasteiger partial charge in [-0.2, -0.15) is 0 Å². The lowest BCUT2D eigenvalue weighted by Gasteiger charge is -2.01. The van der Waals surface area contributed by atoms with E-state index >= 15 is 0 Å². The van der Waals surface area contributed by atoms with Gasteiger partial charge in [0.2, 0.25) is 5.89 Å². The quantitative estimate of drug-likeness (QED) is 0.793. The molecule has 0 aliphatic heterocycles. The first kappa shape index (κ1) is 9.45. The standard InChI is InChI=1S/C9H10N4O2/c1-7-4-11-8(15-7)5-12-9(14)13-3-2-10-6-13/h2-4,6H,5H2,1H3,(H,12,14). The lowest BCUT2D eigenvalue weighted by molar-refractivity contribution is 0.240. The molecule has 0 atom stereocenters. The molecule has 0 aliphatic carbocycles. The first-order chi connectivity index (χ1) is 7.25. The number of aryl methyl sites for hydroxylation is 1. The van der Waals surface area contributed by atoms with Crippen molar-refractivity contribution in [3.63, 3.8) is 0 Å². The van der Waals surface area contributed by atoms with Crippen LogP contribution in [0.15, 0.2) is 29.3 Å². The summed E-state index contributed by atoms with van der Waals surface area (Å²) in [4.78, 5) is 19.2. The van der Waals surface area contributed by atoms with E-state index in [0.717, 1.165) is 5.76 Å². The molecule has 0 saturated carbocycles. The topological polar surface area (TPSA) is 73.0 Å². The zero-order chi connectivity index (χ0) is 10.7. The van der Waals surface area contributed by atoms with Crippen molar-refractivity contribution >= 4 is 6.03 Å². The number of nitrogens with zero attached hydrogens (tertiary/aromatic N) is 3. The van der Waals surface area contributed by atoms with E-state index in [-0.39, 0.29) is 12.6 Å². The second-order valence-corrected chi connectivity index (χ2v) is 2.99. The van der Waals surface area contributed by atoms with Gasteiger partial charge in [0.15, 0.2) is 0 Å². The second kappa shape index (κ2) is 3.95. The van der Waals surface area contributed by atoms with Crippen LogP contribution in [0.2, 0.25) is 0 Å². The van der Waals surface area contributed by atoms with Gasteiger partial charge in [0.25, 0.3) is 0 Å². The van der Waals surface area contributed by atoms with E-state index in [1.54, 1.807) is 19.3 Å². The maximum atomic E-state index is 11.4. The van der Waals surface area contributed by atoms with E-state index in [1.807, 2.05) is 0 Å². The van der Waals surface area contributed by atoms with Crippen LogP contribution in [0.4, 0.5) is 4.79 Å². The number of rotatable bonds is 2. The Morgan fingerprint density at radius 1 is 1.67 bits per heavy atom. The van der Waals surface area contributed by atoms with Gasteiger partial charge >= 0.3 is 6.03 Å². The summed E-state index contributed by atoms with van der Waals surface area (Å²) in [6.45, 7) is 2.07.